The summed E-state index contributed by atoms with van der Waals surface area (Å²) < 4.78 is 4.61. The molecule has 5 nitrogen and oxygen atoms in total. The van der Waals surface area contributed by atoms with Gasteiger partial charge in [-0.3, -0.25) is 4.79 Å². The monoisotopic (exact) mass is 287 g/mol. The molecular weight excluding hydrogens is 274 g/mol. The Morgan fingerprint density at radius 2 is 2.25 bits per heavy atom. The average Bonchev–Trinajstić information content (AvgIpc) is 2.50. The number of methoxy groups -OCH3 is 1. The molecule has 0 aliphatic rings. The molecule has 0 saturated heterocycles. The first kappa shape index (κ1) is 14.2. The van der Waals surface area contributed by atoms with E-state index >= 15 is 0 Å². The first-order valence-corrected chi connectivity index (χ1v) is 7.11. The van der Waals surface area contributed by atoms with Gasteiger partial charge in [-0.1, -0.05) is 18.2 Å². The normalized spacial score (nSPS) is 10.1. The van der Waals surface area contributed by atoms with Crippen molar-refractivity contribution in [2.24, 2.45) is 0 Å². The minimum absolute atomic E-state index is 0.00695. The number of nitriles is 1. The van der Waals surface area contributed by atoms with Gasteiger partial charge in [-0.05, 0) is 12.3 Å². The van der Waals surface area contributed by atoms with Gasteiger partial charge < -0.3 is 10.1 Å². The van der Waals surface area contributed by atoms with E-state index in [4.69, 9.17) is 0 Å². The van der Waals surface area contributed by atoms with Crippen molar-refractivity contribution >= 4 is 34.3 Å². The quantitative estimate of drug-likeness (QED) is 0.687. The summed E-state index contributed by atoms with van der Waals surface area (Å²) in [6.45, 7) is 0.00695. The van der Waals surface area contributed by atoms with Gasteiger partial charge >= 0.3 is 5.97 Å². The molecule has 0 spiro atoms. The van der Waals surface area contributed by atoms with E-state index in [0.717, 1.165) is 10.9 Å². The number of pyridine rings is 1. The number of ether oxygens (including phenoxy) is 1. The largest absolute Gasteiger partial charge is 0.468 e. The Labute approximate surface area is 120 Å². The third kappa shape index (κ3) is 2.68. The second kappa shape index (κ2) is 6.26. The van der Waals surface area contributed by atoms with Crippen LogP contribution in [-0.2, 0) is 9.53 Å². The number of hydrogen-bond acceptors (Lipinski definition) is 6. The number of aromatic nitrogens is 1. The van der Waals surface area contributed by atoms with Gasteiger partial charge in [0.1, 0.15) is 23.2 Å². The van der Waals surface area contributed by atoms with E-state index < -0.39 is 0 Å². The molecule has 2 aromatic rings. The second-order valence-corrected chi connectivity index (χ2v) is 4.72. The van der Waals surface area contributed by atoms with E-state index in [9.17, 15) is 10.1 Å². The van der Waals surface area contributed by atoms with Crippen molar-refractivity contribution in [2.75, 3.05) is 25.2 Å². The van der Waals surface area contributed by atoms with E-state index in [2.05, 4.69) is 21.1 Å². The molecule has 1 N–H and O–H groups in total. The number of rotatable bonds is 4. The van der Waals surface area contributed by atoms with Crippen molar-refractivity contribution in [1.82, 2.24) is 4.98 Å². The van der Waals surface area contributed by atoms with Crippen LogP contribution in [-0.4, -0.2) is 30.9 Å². The third-order valence-electron chi connectivity index (χ3n) is 2.80. The molecule has 0 unspecified atom stereocenters. The van der Waals surface area contributed by atoms with Gasteiger partial charge in [0.15, 0.2) is 0 Å². The van der Waals surface area contributed by atoms with Crippen LogP contribution in [0, 0.1) is 11.3 Å². The van der Waals surface area contributed by atoms with Gasteiger partial charge in [0.2, 0.25) is 0 Å². The van der Waals surface area contributed by atoms with Gasteiger partial charge in [-0.2, -0.15) is 5.26 Å². The summed E-state index contributed by atoms with van der Waals surface area (Å²) in [5.41, 5.74) is 1.84. The van der Waals surface area contributed by atoms with Gasteiger partial charge in [0.25, 0.3) is 0 Å². The lowest BCUT2D eigenvalue weighted by Gasteiger charge is -2.13. The van der Waals surface area contributed by atoms with Crippen molar-refractivity contribution in [2.45, 2.75) is 5.03 Å². The Bertz CT molecular complexity index is 695. The molecule has 0 saturated carbocycles. The highest BCUT2D eigenvalue weighted by atomic mass is 32.2. The summed E-state index contributed by atoms with van der Waals surface area (Å²) in [5, 5.41) is 13.8. The molecule has 0 radical (unpaired) electrons. The number of nitrogens with one attached hydrogen (secondary N) is 1. The van der Waals surface area contributed by atoms with Crippen molar-refractivity contribution < 1.29 is 9.53 Å². The second-order valence-electron chi connectivity index (χ2n) is 3.93. The predicted octanol–water partition coefficient (Wildman–Crippen LogP) is 2.41. The van der Waals surface area contributed by atoms with E-state index in [1.807, 2.05) is 30.5 Å². The van der Waals surface area contributed by atoms with E-state index in [1.54, 1.807) is 0 Å². The van der Waals surface area contributed by atoms with Crippen LogP contribution in [0.1, 0.15) is 5.56 Å². The fraction of sp³-hybridized carbons (Fsp3) is 0.214. The molecule has 1 heterocycles. The summed E-state index contributed by atoms with van der Waals surface area (Å²) in [7, 11) is 1.33. The van der Waals surface area contributed by atoms with Crippen molar-refractivity contribution in [3.8, 4) is 6.07 Å². The van der Waals surface area contributed by atoms with Crippen molar-refractivity contribution in [1.29, 1.82) is 5.26 Å². The zero-order valence-corrected chi connectivity index (χ0v) is 12.0. The Balaban J connectivity index is 2.58. The first-order valence-electron chi connectivity index (χ1n) is 5.88. The third-order valence-corrected chi connectivity index (χ3v) is 3.48. The van der Waals surface area contributed by atoms with E-state index in [-0.39, 0.29) is 12.5 Å². The Hall–Kier alpha value is -2.26. The summed E-state index contributed by atoms with van der Waals surface area (Å²) >= 11 is 1.40. The number of carbonyl (C=O) groups excluding carboxylic acids is 1. The van der Waals surface area contributed by atoms with Crippen LogP contribution in [0.5, 0.6) is 0 Å². The van der Waals surface area contributed by atoms with E-state index in [1.165, 1.54) is 18.9 Å². The van der Waals surface area contributed by atoms with Gasteiger partial charge in [-0.15, -0.1) is 11.8 Å². The van der Waals surface area contributed by atoms with Crippen LogP contribution in [0.4, 0.5) is 5.69 Å². The smallest absolute Gasteiger partial charge is 0.325 e. The Morgan fingerprint density at radius 1 is 1.50 bits per heavy atom. The van der Waals surface area contributed by atoms with Crippen LogP contribution >= 0.6 is 11.8 Å². The van der Waals surface area contributed by atoms with Crippen molar-refractivity contribution in [3.63, 3.8) is 0 Å². The number of esters is 1. The van der Waals surface area contributed by atoms with Crippen LogP contribution < -0.4 is 5.32 Å². The zero-order valence-electron chi connectivity index (χ0n) is 11.1. The molecule has 0 amide bonds. The molecule has 1 aromatic heterocycles. The number of thioether (sulfide) groups is 1. The number of benzene rings is 1. The highest BCUT2D eigenvalue weighted by Gasteiger charge is 2.15. The van der Waals surface area contributed by atoms with Crippen LogP contribution in [0.3, 0.4) is 0 Å². The fourth-order valence-corrected chi connectivity index (χ4v) is 2.40. The predicted molar refractivity (Wildman–Crippen MR) is 78.7 cm³/mol. The van der Waals surface area contributed by atoms with Gasteiger partial charge in [0, 0.05) is 5.39 Å². The molecule has 6 heteroatoms. The molecule has 0 aliphatic heterocycles. The molecule has 2 rings (SSSR count). The molecular formula is C14H13N3O2S. The number of anilines is 1. The summed E-state index contributed by atoms with van der Waals surface area (Å²) in [6.07, 6.45) is 1.86. The van der Waals surface area contributed by atoms with Gasteiger partial charge in [-0.25, -0.2) is 4.98 Å². The molecule has 0 aliphatic carbocycles. The minimum atomic E-state index is -0.388. The van der Waals surface area contributed by atoms with Crippen LogP contribution in [0.25, 0.3) is 10.9 Å². The standard InChI is InChI=1S/C14H13N3O2S/c1-19-12(18)8-16-13-9-5-3-4-6-11(9)17-14(20-2)10(13)7-15/h3-6H,8H2,1-2H3,(H,16,17). The van der Waals surface area contributed by atoms with Crippen LogP contribution in [0.15, 0.2) is 29.3 Å². The topological polar surface area (TPSA) is 75.0 Å². The number of fused-ring (bicyclic) bond motifs is 1. The maximum atomic E-state index is 11.3. The number of hydrogen-bond donors (Lipinski definition) is 1. The number of nitrogens with zero attached hydrogens (tertiary/aromatic N) is 2. The number of para-hydroxylation sites is 1. The maximum absolute atomic E-state index is 11.3. The van der Waals surface area contributed by atoms with Crippen LogP contribution in [0.2, 0.25) is 0 Å². The fourth-order valence-electron chi connectivity index (χ4n) is 1.86. The van der Waals surface area contributed by atoms with E-state index in [0.29, 0.717) is 16.3 Å². The lowest BCUT2D eigenvalue weighted by Crippen LogP contribution is -2.16. The molecule has 0 atom stereocenters. The number of carbonyl (C=O) groups is 1. The lowest BCUT2D eigenvalue weighted by molar-refractivity contribution is -0.138. The summed E-state index contributed by atoms with van der Waals surface area (Å²) in [4.78, 5) is 15.7. The summed E-state index contributed by atoms with van der Waals surface area (Å²) in [6, 6.07) is 9.65. The highest BCUT2D eigenvalue weighted by Crippen LogP contribution is 2.31. The Kier molecular flexibility index (Phi) is 4.43. The summed E-state index contributed by atoms with van der Waals surface area (Å²) in [5.74, 6) is -0.388. The molecule has 0 fully saturated rings. The lowest BCUT2D eigenvalue weighted by atomic mass is 10.1. The maximum Gasteiger partial charge on any atom is 0.325 e. The first-order chi connectivity index (χ1) is 9.71. The minimum Gasteiger partial charge on any atom is -0.468 e. The zero-order chi connectivity index (χ0) is 14.5. The SMILES string of the molecule is COC(=O)CNc1c(C#N)c(SC)nc2ccccc12. The molecule has 20 heavy (non-hydrogen) atoms. The molecule has 1 aromatic carbocycles. The van der Waals surface area contributed by atoms with Gasteiger partial charge in [0.05, 0.1) is 18.3 Å². The molecule has 102 valence electrons. The highest BCUT2D eigenvalue weighted by molar-refractivity contribution is 7.98. The average molecular weight is 287 g/mol. The van der Waals surface area contributed by atoms with Crippen molar-refractivity contribution in [3.05, 3.63) is 29.8 Å². The molecule has 0 bridgehead atoms. The Morgan fingerprint density at radius 3 is 2.90 bits per heavy atom.